The molecule has 0 bridgehead atoms. The summed E-state index contributed by atoms with van der Waals surface area (Å²) < 4.78 is 21.2. The fourth-order valence-corrected chi connectivity index (χ4v) is 4.47. The number of aliphatic imine (C=N–C) groups is 2. The molecule has 0 aliphatic carbocycles. The van der Waals surface area contributed by atoms with Crippen molar-refractivity contribution < 1.29 is 9.13 Å². The Hall–Kier alpha value is -3.40. The highest BCUT2D eigenvalue weighted by Crippen LogP contribution is 2.28. The largest absolute Gasteiger partial charge is 0.446 e. The number of ether oxygens (including phenoxy) is 1. The fraction of sp³-hybridized carbons (Fsp3) is 0.458. The number of aromatic nitrogens is 3. The van der Waals surface area contributed by atoms with E-state index in [1.165, 1.54) is 0 Å². The number of nitrogens with zero attached hydrogens (tertiary/aromatic N) is 5. The smallest absolute Gasteiger partial charge is 0.291 e. The molecule has 2 aromatic heterocycles. The summed E-state index contributed by atoms with van der Waals surface area (Å²) in [4.78, 5) is 17.3. The third-order valence-corrected chi connectivity index (χ3v) is 6.31. The molecule has 1 saturated heterocycles. The first-order valence-corrected chi connectivity index (χ1v) is 11.7. The van der Waals surface area contributed by atoms with Crippen LogP contribution in [0.3, 0.4) is 0 Å². The summed E-state index contributed by atoms with van der Waals surface area (Å²) in [7, 11) is 0. The Balaban J connectivity index is 1.40. The van der Waals surface area contributed by atoms with Crippen molar-refractivity contribution in [3.05, 3.63) is 41.5 Å². The van der Waals surface area contributed by atoms with E-state index >= 15 is 4.39 Å². The molecule has 0 spiro atoms. The Bertz CT molecular complexity index is 1240. The molecule has 1 fully saturated rings. The number of aryl methyl sites for hydroxylation is 2. The first-order valence-electron chi connectivity index (χ1n) is 11.7. The average molecular weight is 467 g/mol. The van der Waals surface area contributed by atoms with Crippen LogP contribution in [0, 0.1) is 19.7 Å². The number of halogens is 1. The number of piperazine rings is 1. The lowest BCUT2D eigenvalue weighted by atomic mass is 10.2. The molecular weight excluding hydrogens is 435 g/mol. The molecule has 9 nitrogen and oxygen atoms in total. The van der Waals surface area contributed by atoms with Gasteiger partial charge in [0.25, 0.3) is 6.35 Å². The maximum absolute atomic E-state index is 15.2. The van der Waals surface area contributed by atoms with E-state index in [0.717, 1.165) is 48.9 Å². The number of amidine groups is 2. The number of aromatic amines is 2. The predicted octanol–water partition coefficient (Wildman–Crippen LogP) is 3.65. The van der Waals surface area contributed by atoms with Gasteiger partial charge in [0.05, 0.1) is 6.42 Å². The van der Waals surface area contributed by atoms with Crippen molar-refractivity contribution >= 4 is 28.4 Å². The molecule has 3 aromatic rings. The van der Waals surface area contributed by atoms with E-state index in [-0.39, 0.29) is 5.75 Å². The first kappa shape index (κ1) is 22.4. The zero-order chi connectivity index (χ0) is 23.8. The van der Waals surface area contributed by atoms with Gasteiger partial charge in [-0.1, -0.05) is 0 Å². The monoisotopic (exact) mass is 466 g/mol. The highest BCUT2D eigenvalue weighted by molar-refractivity contribution is 6.09. The van der Waals surface area contributed by atoms with Gasteiger partial charge in [0, 0.05) is 60.6 Å². The van der Waals surface area contributed by atoms with Crippen molar-refractivity contribution in [3.8, 4) is 5.75 Å². The highest BCUT2D eigenvalue weighted by atomic mass is 19.1. The molecule has 1 atom stereocenters. The second-order valence-electron chi connectivity index (χ2n) is 9.21. The summed E-state index contributed by atoms with van der Waals surface area (Å²) in [6.07, 6.45) is -0.354. The van der Waals surface area contributed by atoms with Gasteiger partial charge in [0.15, 0.2) is 17.4 Å². The lowest BCUT2D eigenvalue weighted by Gasteiger charge is -2.39. The van der Waals surface area contributed by atoms with Crippen LogP contribution in [0.1, 0.15) is 31.7 Å². The number of rotatable bonds is 4. The minimum atomic E-state index is -0.888. The summed E-state index contributed by atoms with van der Waals surface area (Å²) in [6.45, 7) is 12.0. The highest BCUT2D eigenvalue weighted by Gasteiger charge is 2.27. The van der Waals surface area contributed by atoms with Crippen LogP contribution in [-0.2, 0) is 0 Å². The van der Waals surface area contributed by atoms with E-state index in [2.05, 4.69) is 49.1 Å². The van der Waals surface area contributed by atoms with E-state index in [1.807, 2.05) is 26.0 Å². The molecule has 1 unspecified atom stereocenters. The third-order valence-electron chi connectivity index (χ3n) is 6.31. The number of hydrogen-bond donors (Lipinski definition) is 3. The quantitative estimate of drug-likeness (QED) is 0.545. The van der Waals surface area contributed by atoms with Crippen molar-refractivity contribution in [2.75, 3.05) is 31.5 Å². The molecule has 4 heterocycles. The summed E-state index contributed by atoms with van der Waals surface area (Å²) in [5.41, 5.74) is 2.57. The van der Waals surface area contributed by atoms with Gasteiger partial charge < -0.3 is 19.9 Å². The van der Waals surface area contributed by atoms with Crippen LogP contribution < -0.4 is 10.1 Å². The third kappa shape index (κ3) is 4.63. The maximum atomic E-state index is 15.2. The number of H-pyrrole nitrogens is 2. The normalized spacial score (nSPS) is 19.5. The Morgan fingerprint density at radius 3 is 2.59 bits per heavy atom. The second kappa shape index (κ2) is 9.09. The molecule has 10 heteroatoms. The Labute approximate surface area is 198 Å². The molecule has 5 rings (SSSR count). The lowest BCUT2D eigenvalue weighted by molar-refractivity contribution is 0.145. The molecule has 0 saturated carbocycles. The lowest BCUT2D eigenvalue weighted by Crippen LogP contribution is -2.52. The van der Waals surface area contributed by atoms with E-state index in [1.54, 1.807) is 12.1 Å². The van der Waals surface area contributed by atoms with E-state index < -0.39 is 12.2 Å². The number of anilines is 1. The number of nitrogens with one attached hydrogen (secondary N) is 3. The zero-order valence-electron chi connectivity index (χ0n) is 20.0. The van der Waals surface area contributed by atoms with Crippen molar-refractivity contribution in [2.45, 2.75) is 46.5 Å². The van der Waals surface area contributed by atoms with Crippen molar-refractivity contribution in [1.29, 1.82) is 0 Å². The Morgan fingerprint density at radius 1 is 1.09 bits per heavy atom. The van der Waals surface area contributed by atoms with Crippen LogP contribution in [0.2, 0.25) is 0 Å². The molecule has 0 radical (unpaired) electrons. The first-order chi connectivity index (χ1) is 16.4. The van der Waals surface area contributed by atoms with Gasteiger partial charge in [-0.15, -0.1) is 0 Å². The van der Waals surface area contributed by atoms with Gasteiger partial charge in [-0.3, -0.25) is 10.00 Å². The van der Waals surface area contributed by atoms with Crippen LogP contribution in [0.25, 0.3) is 10.9 Å². The summed E-state index contributed by atoms with van der Waals surface area (Å²) >= 11 is 0. The number of hydrogen-bond acceptors (Lipinski definition) is 7. The molecule has 3 N–H and O–H groups in total. The average Bonchev–Trinajstić information content (AvgIpc) is 3.40. The van der Waals surface area contributed by atoms with Crippen molar-refractivity contribution in [2.24, 2.45) is 9.98 Å². The molecule has 2 aliphatic heterocycles. The topological polar surface area (TPSA) is 96.9 Å². The summed E-state index contributed by atoms with van der Waals surface area (Å²) in [5.74, 6) is 1.97. The van der Waals surface area contributed by atoms with Crippen LogP contribution in [0.5, 0.6) is 5.75 Å². The van der Waals surface area contributed by atoms with Gasteiger partial charge in [-0.05, 0) is 45.9 Å². The van der Waals surface area contributed by atoms with Crippen LogP contribution in [0.15, 0.2) is 34.3 Å². The van der Waals surface area contributed by atoms with Crippen LogP contribution in [-0.4, -0.2) is 75.2 Å². The molecule has 34 heavy (non-hydrogen) atoms. The van der Waals surface area contributed by atoms with Crippen LogP contribution >= 0.6 is 0 Å². The molecule has 2 aliphatic rings. The van der Waals surface area contributed by atoms with E-state index in [4.69, 9.17) is 9.73 Å². The number of fused-ring (bicyclic) bond motifs is 1. The minimum absolute atomic E-state index is 0.129. The Morgan fingerprint density at radius 2 is 1.88 bits per heavy atom. The van der Waals surface area contributed by atoms with Gasteiger partial charge >= 0.3 is 0 Å². The molecule has 1 aromatic carbocycles. The fourth-order valence-electron chi connectivity index (χ4n) is 4.47. The van der Waals surface area contributed by atoms with Gasteiger partial charge in [0.2, 0.25) is 0 Å². The summed E-state index contributed by atoms with van der Waals surface area (Å²) in [6, 6.07) is 7.64. The van der Waals surface area contributed by atoms with E-state index in [0.29, 0.717) is 29.5 Å². The Kier molecular flexibility index (Phi) is 5.99. The molecular formula is C24H31FN8O. The SMILES string of the molecule is Cc1cc(NC2=NC(Oc3ccc4[nH]c(C)cc4c3F)N=C(N3CCN(C(C)C)CC3)C2)n[nH]1. The maximum Gasteiger partial charge on any atom is 0.291 e. The molecule has 180 valence electrons. The minimum Gasteiger partial charge on any atom is -0.446 e. The second-order valence-corrected chi connectivity index (χ2v) is 9.21. The van der Waals surface area contributed by atoms with Crippen LogP contribution in [0.4, 0.5) is 10.2 Å². The standard InChI is InChI=1S/C24H31FN8O/c1-14(2)32-7-9-33(10-8-32)22-13-20(27-21-12-16(4)30-31-21)28-24(29-22)34-19-6-5-18-17(23(19)25)11-15(3)26-18/h5-6,11-12,14,24,26H,7-10,13H2,1-4H3,(H2,27,28,30,31). The molecule has 0 amide bonds. The zero-order valence-corrected chi connectivity index (χ0v) is 20.0. The van der Waals surface area contributed by atoms with Gasteiger partial charge in [-0.2, -0.15) is 5.10 Å². The van der Waals surface area contributed by atoms with Gasteiger partial charge in [-0.25, -0.2) is 14.4 Å². The summed E-state index contributed by atoms with van der Waals surface area (Å²) in [5, 5.41) is 10.9. The van der Waals surface area contributed by atoms with Crippen molar-refractivity contribution in [3.63, 3.8) is 0 Å². The number of benzene rings is 1. The van der Waals surface area contributed by atoms with Crippen molar-refractivity contribution in [1.82, 2.24) is 25.0 Å². The van der Waals surface area contributed by atoms with Gasteiger partial charge in [0.1, 0.15) is 11.7 Å². The van der Waals surface area contributed by atoms with E-state index in [9.17, 15) is 0 Å². The predicted molar refractivity (Wildman–Crippen MR) is 132 cm³/mol.